The first-order chi connectivity index (χ1) is 6.59. The van der Waals surface area contributed by atoms with Crippen molar-refractivity contribution in [1.29, 1.82) is 0 Å². The zero-order valence-corrected chi connectivity index (χ0v) is 9.18. The largest absolute Gasteiger partial charge is 0.341 e. The van der Waals surface area contributed by atoms with Crippen molar-refractivity contribution in [1.82, 2.24) is 10.2 Å². The van der Waals surface area contributed by atoms with Gasteiger partial charge in [-0.05, 0) is 25.8 Å². The third-order valence-corrected chi connectivity index (χ3v) is 3.48. The van der Waals surface area contributed by atoms with Gasteiger partial charge >= 0.3 is 0 Å². The third kappa shape index (κ3) is 1.78. The molecule has 0 spiro atoms. The third-order valence-electron chi connectivity index (χ3n) is 3.48. The number of amides is 1. The van der Waals surface area contributed by atoms with E-state index in [2.05, 4.69) is 19.2 Å². The lowest BCUT2D eigenvalue weighted by Crippen LogP contribution is -2.40. The smallest absolute Gasteiger partial charge is 0.228 e. The Hall–Kier alpha value is -0.570. The number of hydrogen-bond acceptors (Lipinski definition) is 2. The van der Waals surface area contributed by atoms with E-state index in [0.29, 0.717) is 11.9 Å². The summed E-state index contributed by atoms with van der Waals surface area (Å²) in [4.78, 5) is 13.9. The highest BCUT2D eigenvalue weighted by Crippen LogP contribution is 2.30. The molecule has 3 heteroatoms. The number of nitrogens with zero attached hydrogens (tertiary/aromatic N) is 1. The molecule has 1 atom stereocenters. The maximum Gasteiger partial charge on any atom is 0.228 e. The van der Waals surface area contributed by atoms with Crippen molar-refractivity contribution in [3.8, 4) is 0 Å². The van der Waals surface area contributed by atoms with Crippen LogP contribution in [0.15, 0.2) is 0 Å². The highest BCUT2D eigenvalue weighted by Gasteiger charge is 2.39. The predicted molar refractivity (Wildman–Crippen MR) is 56.0 cm³/mol. The van der Waals surface area contributed by atoms with Crippen LogP contribution in [-0.2, 0) is 4.79 Å². The van der Waals surface area contributed by atoms with Crippen molar-refractivity contribution < 1.29 is 4.79 Å². The van der Waals surface area contributed by atoms with E-state index in [1.54, 1.807) is 0 Å². The van der Waals surface area contributed by atoms with Gasteiger partial charge in [-0.2, -0.15) is 0 Å². The Kier molecular flexibility index (Phi) is 2.52. The zero-order chi connectivity index (χ0) is 10.2. The Bertz CT molecular complexity index is 231. The monoisotopic (exact) mass is 196 g/mol. The second-order valence-electron chi connectivity index (χ2n) is 5.18. The van der Waals surface area contributed by atoms with Gasteiger partial charge in [-0.15, -0.1) is 0 Å². The van der Waals surface area contributed by atoms with Crippen molar-refractivity contribution in [3.63, 3.8) is 0 Å². The Balaban J connectivity index is 1.90. The van der Waals surface area contributed by atoms with Gasteiger partial charge in [0.2, 0.25) is 5.91 Å². The van der Waals surface area contributed by atoms with Crippen molar-refractivity contribution in [2.45, 2.75) is 39.2 Å². The summed E-state index contributed by atoms with van der Waals surface area (Å²) in [6.07, 6.45) is 3.50. The topological polar surface area (TPSA) is 32.3 Å². The second-order valence-corrected chi connectivity index (χ2v) is 5.18. The molecule has 0 aliphatic carbocycles. The minimum Gasteiger partial charge on any atom is -0.341 e. The summed E-state index contributed by atoms with van der Waals surface area (Å²) in [6.45, 7) is 7.09. The van der Waals surface area contributed by atoms with E-state index in [1.807, 2.05) is 4.90 Å². The molecule has 0 radical (unpaired) electrons. The van der Waals surface area contributed by atoms with Gasteiger partial charge in [0.1, 0.15) is 0 Å². The van der Waals surface area contributed by atoms with E-state index in [-0.39, 0.29) is 5.41 Å². The van der Waals surface area contributed by atoms with Gasteiger partial charge in [-0.1, -0.05) is 13.8 Å². The molecule has 3 nitrogen and oxygen atoms in total. The SMILES string of the molecule is CC1(C)CCN(CC2CCCN2)C1=O. The van der Waals surface area contributed by atoms with Gasteiger partial charge in [0.15, 0.2) is 0 Å². The lowest BCUT2D eigenvalue weighted by atomic mass is 9.92. The number of likely N-dealkylation sites (tertiary alicyclic amines) is 1. The molecule has 2 saturated heterocycles. The van der Waals surface area contributed by atoms with E-state index >= 15 is 0 Å². The molecule has 1 unspecified atom stereocenters. The number of rotatable bonds is 2. The van der Waals surface area contributed by atoms with Crippen molar-refractivity contribution in [2.24, 2.45) is 5.41 Å². The first-order valence-electron chi connectivity index (χ1n) is 5.62. The van der Waals surface area contributed by atoms with Gasteiger partial charge in [0.05, 0.1) is 0 Å². The Morgan fingerprint density at radius 1 is 1.57 bits per heavy atom. The quantitative estimate of drug-likeness (QED) is 0.714. The molecule has 2 rings (SSSR count). The van der Waals surface area contributed by atoms with Crippen LogP contribution in [-0.4, -0.2) is 36.5 Å². The van der Waals surface area contributed by atoms with E-state index < -0.39 is 0 Å². The molecule has 2 aliphatic heterocycles. The molecule has 0 aromatic heterocycles. The average molecular weight is 196 g/mol. The fourth-order valence-corrected chi connectivity index (χ4v) is 2.40. The van der Waals surface area contributed by atoms with Crippen molar-refractivity contribution >= 4 is 5.91 Å². The number of carbonyl (C=O) groups excluding carboxylic acids is 1. The van der Waals surface area contributed by atoms with Crippen LogP contribution in [0.5, 0.6) is 0 Å². The molecule has 14 heavy (non-hydrogen) atoms. The molecule has 0 bridgehead atoms. The van der Waals surface area contributed by atoms with E-state index in [0.717, 1.165) is 26.1 Å². The summed E-state index contributed by atoms with van der Waals surface area (Å²) >= 11 is 0. The highest BCUT2D eigenvalue weighted by molar-refractivity contribution is 5.84. The van der Waals surface area contributed by atoms with Gasteiger partial charge in [0.25, 0.3) is 0 Å². The molecule has 0 aromatic rings. The number of hydrogen-bond donors (Lipinski definition) is 1. The minimum absolute atomic E-state index is 0.112. The highest BCUT2D eigenvalue weighted by atomic mass is 16.2. The molecular formula is C11H20N2O. The Morgan fingerprint density at radius 2 is 2.36 bits per heavy atom. The van der Waals surface area contributed by atoms with Crippen LogP contribution in [0.1, 0.15) is 33.1 Å². The molecule has 0 saturated carbocycles. The van der Waals surface area contributed by atoms with Crippen LogP contribution in [0.4, 0.5) is 0 Å². The summed E-state index contributed by atoms with van der Waals surface area (Å²) in [7, 11) is 0. The summed E-state index contributed by atoms with van der Waals surface area (Å²) in [5, 5.41) is 3.44. The molecule has 2 heterocycles. The van der Waals surface area contributed by atoms with E-state index in [9.17, 15) is 4.79 Å². The first-order valence-corrected chi connectivity index (χ1v) is 5.62. The van der Waals surface area contributed by atoms with Crippen LogP contribution < -0.4 is 5.32 Å². The summed E-state index contributed by atoms with van der Waals surface area (Å²) in [5.41, 5.74) is -0.112. The van der Waals surface area contributed by atoms with Crippen molar-refractivity contribution in [3.05, 3.63) is 0 Å². The zero-order valence-electron chi connectivity index (χ0n) is 9.18. The molecular weight excluding hydrogens is 176 g/mol. The molecule has 2 fully saturated rings. The standard InChI is InChI=1S/C11H20N2O/c1-11(2)5-7-13(10(11)14)8-9-4-3-6-12-9/h9,12H,3-8H2,1-2H3. The maximum absolute atomic E-state index is 11.9. The molecule has 0 aromatic carbocycles. The maximum atomic E-state index is 11.9. The van der Waals surface area contributed by atoms with Crippen LogP contribution in [0.2, 0.25) is 0 Å². The summed E-state index contributed by atoms with van der Waals surface area (Å²) in [5.74, 6) is 0.339. The van der Waals surface area contributed by atoms with Gasteiger partial charge in [-0.3, -0.25) is 4.79 Å². The summed E-state index contributed by atoms with van der Waals surface area (Å²) in [6, 6.07) is 0.549. The predicted octanol–water partition coefficient (Wildman–Crippen LogP) is 0.997. The van der Waals surface area contributed by atoms with Gasteiger partial charge in [0, 0.05) is 24.5 Å². The van der Waals surface area contributed by atoms with Crippen LogP contribution in [0.25, 0.3) is 0 Å². The lowest BCUT2D eigenvalue weighted by molar-refractivity contribution is -0.134. The molecule has 1 amide bonds. The fraction of sp³-hybridized carbons (Fsp3) is 0.909. The summed E-state index contributed by atoms with van der Waals surface area (Å²) < 4.78 is 0. The molecule has 1 N–H and O–H groups in total. The first kappa shape index (κ1) is 9.97. The molecule has 80 valence electrons. The fourth-order valence-electron chi connectivity index (χ4n) is 2.40. The second kappa shape index (κ2) is 3.54. The number of nitrogens with one attached hydrogen (secondary N) is 1. The van der Waals surface area contributed by atoms with Gasteiger partial charge in [-0.25, -0.2) is 0 Å². The lowest BCUT2D eigenvalue weighted by Gasteiger charge is -2.22. The van der Waals surface area contributed by atoms with Crippen LogP contribution >= 0.6 is 0 Å². The number of carbonyl (C=O) groups is 1. The Morgan fingerprint density at radius 3 is 2.86 bits per heavy atom. The molecule has 2 aliphatic rings. The van der Waals surface area contributed by atoms with E-state index in [4.69, 9.17) is 0 Å². The normalized spacial score (nSPS) is 31.4. The minimum atomic E-state index is -0.112. The van der Waals surface area contributed by atoms with Crippen LogP contribution in [0.3, 0.4) is 0 Å². The van der Waals surface area contributed by atoms with Crippen molar-refractivity contribution in [2.75, 3.05) is 19.6 Å². The van der Waals surface area contributed by atoms with Gasteiger partial charge < -0.3 is 10.2 Å². The Labute approximate surface area is 85.8 Å². The van der Waals surface area contributed by atoms with E-state index in [1.165, 1.54) is 12.8 Å². The van der Waals surface area contributed by atoms with Crippen LogP contribution in [0, 0.1) is 5.41 Å². The average Bonchev–Trinajstić information content (AvgIpc) is 2.70.